The fourth-order valence-corrected chi connectivity index (χ4v) is 3.26. The van der Waals surface area contributed by atoms with Crippen molar-refractivity contribution >= 4 is 17.5 Å². The van der Waals surface area contributed by atoms with Crippen LogP contribution in [0.2, 0.25) is 0 Å². The van der Waals surface area contributed by atoms with E-state index in [2.05, 4.69) is 12.1 Å². The highest BCUT2D eigenvalue weighted by atomic mass is 16.5. The minimum atomic E-state index is -0.112. The van der Waals surface area contributed by atoms with Gasteiger partial charge in [0, 0.05) is 25.7 Å². The van der Waals surface area contributed by atoms with Gasteiger partial charge in [-0.1, -0.05) is 24.3 Å². The quantitative estimate of drug-likeness (QED) is 0.809. The van der Waals surface area contributed by atoms with Crippen LogP contribution in [-0.4, -0.2) is 36.9 Å². The molecule has 0 fully saturated rings. The number of benzene rings is 2. The molecule has 5 heteroatoms. The summed E-state index contributed by atoms with van der Waals surface area (Å²) in [6.45, 7) is 1.37. The summed E-state index contributed by atoms with van der Waals surface area (Å²) >= 11 is 0. The third-order valence-corrected chi connectivity index (χ3v) is 4.71. The molecule has 0 saturated carbocycles. The number of carbonyl (C=O) groups is 2. The molecule has 5 nitrogen and oxygen atoms in total. The third-order valence-electron chi connectivity index (χ3n) is 4.71. The number of anilines is 1. The van der Waals surface area contributed by atoms with Gasteiger partial charge in [-0.15, -0.1) is 0 Å². The van der Waals surface area contributed by atoms with Crippen LogP contribution in [0.15, 0.2) is 42.5 Å². The fraction of sp³-hybridized carbons (Fsp3) is 0.263. The summed E-state index contributed by atoms with van der Waals surface area (Å²) < 4.78 is 5.42. The van der Waals surface area contributed by atoms with Crippen molar-refractivity contribution in [2.24, 2.45) is 0 Å². The summed E-state index contributed by atoms with van der Waals surface area (Å²) in [6, 6.07) is 13.5. The van der Waals surface area contributed by atoms with Crippen molar-refractivity contribution < 1.29 is 14.3 Å². The van der Waals surface area contributed by atoms with Gasteiger partial charge in [0.1, 0.15) is 5.75 Å². The average molecular weight is 322 g/mol. The molecule has 0 aromatic heterocycles. The van der Waals surface area contributed by atoms with Gasteiger partial charge in [-0.3, -0.25) is 9.59 Å². The predicted octanol–water partition coefficient (Wildman–Crippen LogP) is 2.24. The molecule has 2 aromatic rings. The average Bonchev–Trinajstić information content (AvgIpc) is 2.63. The molecule has 0 atom stereocenters. The Hall–Kier alpha value is -2.82. The Bertz CT molecular complexity index is 831. The zero-order chi connectivity index (χ0) is 16.7. The van der Waals surface area contributed by atoms with Crippen LogP contribution < -0.4 is 9.64 Å². The highest BCUT2D eigenvalue weighted by Gasteiger charge is 2.26. The minimum Gasteiger partial charge on any atom is -0.482 e. The maximum absolute atomic E-state index is 12.9. The number of fused-ring (bicyclic) bond motifs is 2. The summed E-state index contributed by atoms with van der Waals surface area (Å²) in [5.74, 6) is 0.510. The Morgan fingerprint density at radius 2 is 1.92 bits per heavy atom. The van der Waals surface area contributed by atoms with Gasteiger partial charge in [-0.2, -0.15) is 0 Å². The van der Waals surface area contributed by atoms with Crippen LogP contribution in [0.1, 0.15) is 21.5 Å². The number of amides is 2. The lowest BCUT2D eigenvalue weighted by Gasteiger charge is -2.30. The van der Waals surface area contributed by atoms with Gasteiger partial charge in [0.2, 0.25) is 0 Å². The molecule has 4 rings (SSSR count). The van der Waals surface area contributed by atoms with E-state index in [1.807, 2.05) is 17.0 Å². The summed E-state index contributed by atoms with van der Waals surface area (Å²) in [5, 5.41) is 0. The van der Waals surface area contributed by atoms with E-state index in [1.165, 1.54) is 11.1 Å². The zero-order valence-corrected chi connectivity index (χ0v) is 13.5. The Balaban J connectivity index is 1.61. The fourth-order valence-electron chi connectivity index (χ4n) is 3.26. The van der Waals surface area contributed by atoms with Gasteiger partial charge in [-0.05, 0) is 35.7 Å². The van der Waals surface area contributed by atoms with Crippen LogP contribution in [0, 0.1) is 0 Å². The topological polar surface area (TPSA) is 49.9 Å². The summed E-state index contributed by atoms with van der Waals surface area (Å²) in [6.07, 6.45) is 0.869. The van der Waals surface area contributed by atoms with Gasteiger partial charge in [0.05, 0.1) is 5.69 Å². The van der Waals surface area contributed by atoms with Crippen LogP contribution in [-0.2, 0) is 17.8 Å². The Morgan fingerprint density at radius 3 is 2.75 bits per heavy atom. The lowest BCUT2D eigenvalue weighted by atomic mass is 9.99. The van der Waals surface area contributed by atoms with Crippen LogP contribution in [0.5, 0.6) is 5.75 Å². The molecule has 2 aliphatic heterocycles. The largest absolute Gasteiger partial charge is 0.482 e. The molecule has 0 aliphatic carbocycles. The maximum atomic E-state index is 12.9. The van der Waals surface area contributed by atoms with Crippen molar-refractivity contribution in [3.63, 3.8) is 0 Å². The molecule has 0 spiro atoms. The van der Waals surface area contributed by atoms with Crippen molar-refractivity contribution in [2.75, 3.05) is 25.1 Å². The lowest BCUT2D eigenvalue weighted by molar-refractivity contribution is -0.120. The molecular weight excluding hydrogens is 304 g/mol. The molecule has 0 N–H and O–H groups in total. The summed E-state index contributed by atoms with van der Waals surface area (Å²) in [5.41, 5.74) is 3.74. The molecule has 0 bridgehead atoms. The minimum absolute atomic E-state index is 0.0151. The van der Waals surface area contributed by atoms with Crippen molar-refractivity contribution in [3.8, 4) is 5.75 Å². The Labute approximate surface area is 140 Å². The van der Waals surface area contributed by atoms with Gasteiger partial charge < -0.3 is 14.5 Å². The smallest absolute Gasteiger partial charge is 0.264 e. The Kier molecular flexibility index (Phi) is 3.49. The van der Waals surface area contributed by atoms with Crippen molar-refractivity contribution in [2.45, 2.75) is 13.0 Å². The standard InChI is InChI=1S/C19H18N2O3/c1-20-16-10-14(6-7-17(16)24-12-18(20)22)19(23)21-9-8-13-4-2-3-5-15(13)11-21/h2-7,10H,8-9,11-12H2,1H3. The highest BCUT2D eigenvalue weighted by Crippen LogP contribution is 2.32. The monoisotopic (exact) mass is 322 g/mol. The zero-order valence-electron chi connectivity index (χ0n) is 13.5. The molecular formula is C19H18N2O3. The van der Waals surface area contributed by atoms with Gasteiger partial charge in [0.15, 0.2) is 6.61 Å². The van der Waals surface area contributed by atoms with E-state index in [0.717, 1.165) is 6.42 Å². The van der Waals surface area contributed by atoms with Gasteiger partial charge in [0.25, 0.3) is 11.8 Å². The first-order valence-electron chi connectivity index (χ1n) is 8.03. The second-order valence-electron chi connectivity index (χ2n) is 6.17. The normalized spacial score (nSPS) is 16.3. The van der Waals surface area contributed by atoms with E-state index in [0.29, 0.717) is 30.1 Å². The van der Waals surface area contributed by atoms with Crippen LogP contribution in [0.25, 0.3) is 0 Å². The number of rotatable bonds is 1. The SMILES string of the molecule is CN1C(=O)COc2ccc(C(=O)N3CCc4ccccc4C3)cc21. The van der Waals surface area contributed by atoms with Crippen molar-refractivity contribution in [3.05, 3.63) is 59.2 Å². The van der Waals surface area contributed by atoms with Gasteiger partial charge in [-0.25, -0.2) is 0 Å². The molecule has 0 unspecified atom stereocenters. The van der Waals surface area contributed by atoms with Crippen LogP contribution in [0.3, 0.4) is 0 Å². The van der Waals surface area contributed by atoms with E-state index < -0.39 is 0 Å². The number of ether oxygens (including phenoxy) is 1. The number of hydrogen-bond donors (Lipinski definition) is 0. The van der Waals surface area contributed by atoms with E-state index in [-0.39, 0.29) is 18.4 Å². The number of nitrogens with zero attached hydrogens (tertiary/aromatic N) is 2. The maximum Gasteiger partial charge on any atom is 0.264 e. The van der Waals surface area contributed by atoms with E-state index in [9.17, 15) is 9.59 Å². The van der Waals surface area contributed by atoms with E-state index >= 15 is 0 Å². The van der Waals surface area contributed by atoms with Crippen LogP contribution in [0.4, 0.5) is 5.69 Å². The molecule has 122 valence electrons. The highest BCUT2D eigenvalue weighted by molar-refractivity contribution is 6.01. The summed E-state index contributed by atoms with van der Waals surface area (Å²) in [7, 11) is 1.70. The number of likely N-dealkylation sites (N-methyl/N-ethyl adjacent to an activating group) is 1. The van der Waals surface area contributed by atoms with E-state index in [4.69, 9.17) is 4.74 Å². The number of hydrogen-bond acceptors (Lipinski definition) is 3. The lowest BCUT2D eigenvalue weighted by Crippen LogP contribution is -2.37. The molecule has 2 aromatic carbocycles. The third kappa shape index (κ3) is 2.42. The summed E-state index contributed by atoms with van der Waals surface area (Å²) in [4.78, 5) is 28.0. The first kappa shape index (κ1) is 14.8. The molecule has 2 aliphatic rings. The molecule has 0 saturated heterocycles. The second-order valence-corrected chi connectivity index (χ2v) is 6.17. The van der Waals surface area contributed by atoms with Gasteiger partial charge >= 0.3 is 0 Å². The molecule has 0 radical (unpaired) electrons. The number of carbonyl (C=O) groups excluding carboxylic acids is 2. The second kappa shape index (κ2) is 5.67. The predicted molar refractivity (Wildman–Crippen MR) is 90.2 cm³/mol. The molecule has 2 amide bonds. The van der Waals surface area contributed by atoms with E-state index in [1.54, 1.807) is 30.1 Å². The molecule has 2 heterocycles. The first-order chi connectivity index (χ1) is 11.6. The molecule has 24 heavy (non-hydrogen) atoms. The Morgan fingerprint density at radius 1 is 1.12 bits per heavy atom. The van der Waals surface area contributed by atoms with Crippen molar-refractivity contribution in [1.82, 2.24) is 4.90 Å². The van der Waals surface area contributed by atoms with Crippen molar-refractivity contribution in [1.29, 1.82) is 0 Å². The first-order valence-corrected chi connectivity index (χ1v) is 8.03. The van der Waals surface area contributed by atoms with Crippen LogP contribution >= 0.6 is 0 Å².